The zero-order chi connectivity index (χ0) is 21.7. The van der Waals surface area contributed by atoms with E-state index in [2.05, 4.69) is 0 Å². The minimum atomic E-state index is -0.124. The topological polar surface area (TPSA) is 51.5 Å². The number of anilines is 1. The first-order valence-corrected chi connectivity index (χ1v) is 11.0. The summed E-state index contributed by atoms with van der Waals surface area (Å²) in [6, 6.07) is 25.1. The first kappa shape index (κ1) is 18.9. The lowest BCUT2D eigenvalue weighted by Gasteiger charge is -2.25. The van der Waals surface area contributed by atoms with Crippen molar-refractivity contribution in [1.82, 2.24) is 4.57 Å². The van der Waals surface area contributed by atoms with Crippen molar-refractivity contribution in [1.29, 1.82) is 0 Å². The molecule has 0 spiro atoms. The van der Waals surface area contributed by atoms with E-state index in [9.17, 15) is 9.59 Å². The molecule has 6 rings (SSSR count). The smallest absolute Gasteiger partial charge is 0.261 e. The van der Waals surface area contributed by atoms with Crippen LogP contribution in [0.3, 0.4) is 0 Å². The van der Waals surface area contributed by atoms with Crippen molar-refractivity contribution >= 4 is 22.4 Å². The number of fused-ring (bicyclic) bond motifs is 4. The van der Waals surface area contributed by atoms with Crippen LogP contribution in [0.25, 0.3) is 10.8 Å². The molecule has 0 unspecified atom stereocenters. The highest BCUT2D eigenvalue weighted by atomic mass is 16.5. The van der Waals surface area contributed by atoms with Gasteiger partial charge in [-0.15, -0.1) is 0 Å². The summed E-state index contributed by atoms with van der Waals surface area (Å²) in [4.78, 5) is 28.9. The minimum absolute atomic E-state index is 0.0429. The van der Waals surface area contributed by atoms with Crippen LogP contribution in [0.15, 0.2) is 83.7 Å². The van der Waals surface area contributed by atoms with E-state index < -0.39 is 0 Å². The molecule has 32 heavy (non-hydrogen) atoms. The molecule has 1 aliphatic carbocycles. The lowest BCUT2D eigenvalue weighted by atomic mass is 10.1. The van der Waals surface area contributed by atoms with Crippen molar-refractivity contribution in [2.45, 2.75) is 25.9 Å². The Kier molecular flexibility index (Phi) is 4.35. The maximum atomic E-state index is 13.6. The number of hydrogen-bond donors (Lipinski definition) is 0. The number of pyridine rings is 1. The second-order valence-corrected chi connectivity index (χ2v) is 8.48. The maximum absolute atomic E-state index is 13.6. The third-order valence-electron chi connectivity index (χ3n) is 6.26. The van der Waals surface area contributed by atoms with Crippen LogP contribution in [0.5, 0.6) is 11.6 Å². The third kappa shape index (κ3) is 3.09. The molecule has 3 aromatic carbocycles. The first-order chi connectivity index (χ1) is 15.7. The normalized spacial score (nSPS) is 14.9. The lowest BCUT2D eigenvalue weighted by Crippen LogP contribution is -2.33. The van der Waals surface area contributed by atoms with Gasteiger partial charge in [-0.25, -0.2) is 0 Å². The van der Waals surface area contributed by atoms with Gasteiger partial charge in [-0.05, 0) is 30.5 Å². The Labute approximate surface area is 185 Å². The zero-order valence-corrected chi connectivity index (χ0v) is 17.5. The Hall–Kier alpha value is -3.86. The summed E-state index contributed by atoms with van der Waals surface area (Å²) in [6.07, 6.45) is 1.82. The van der Waals surface area contributed by atoms with Crippen LogP contribution in [-0.2, 0) is 17.9 Å². The van der Waals surface area contributed by atoms with Crippen LogP contribution in [-0.4, -0.2) is 10.5 Å². The van der Waals surface area contributed by atoms with Gasteiger partial charge in [-0.1, -0.05) is 66.7 Å². The summed E-state index contributed by atoms with van der Waals surface area (Å²) >= 11 is 0. The first-order valence-electron chi connectivity index (χ1n) is 11.0. The Bertz CT molecular complexity index is 1400. The highest BCUT2D eigenvalue weighted by Gasteiger charge is 2.38. The second kappa shape index (κ2) is 7.38. The van der Waals surface area contributed by atoms with E-state index in [0.717, 1.165) is 29.4 Å². The monoisotopic (exact) mass is 422 g/mol. The van der Waals surface area contributed by atoms with Crippen LogP contribution in [0.2, 0.25) is 0 Å². The minimum Gasteiger partial charge on any atom is -0.438 e. The standard InChI is InChI=1S/C27H22N2O3/c30-25(19-14-15-19)28-17-20-10-4-7-13-23(20)32-27-24(28)21-11-5-6-12-22(21)26(31)29(27)16-18-8-2-1-3-9-18/h1-13,19H,14-17H2. The van der Waals surface area contributed by atoms with Gasteiger partial charge in [0.1, 0.15) is 11.4 Å². The Morgan fingerprint density at radius 1 is 0.875 bits per heavy atom. The van der Waals surface area contributed by atoms with Gasteiger partial charge in [-0.3, -0.25) is 14.2 Å². The van der Waals surface area contributed by atoms with Crippen molar-refractivity contribution < 1.29 is 9.53 Å². The molecule has 5 nitrogen and oxygen atoms in total. The van der Waals surface area contributed by atoms with E-state index in [0.29, 0.717) is 35.8 Å². The molecule has 5 heteroatoms. The van der Waals surface area contributed by atoms with Gasteiger partial charge < -0.3 is 9.64 Å². The number of carbonyl (C=O) groups excluding carboxylic acids is 1. The van der Waals surface area contributed by atoms with Crippen molar-refractivity contribution in [3.8, 4) is 11.6 Å². The molecule has 0 saturated heterocycles. The van der Waals surface area contributed by atoms with Crippen LogP contribution in [0, 0.1) is 5.92 Å². The van der Waals surface area contributed by atoms with Gasteiger partial charge in [0, 0.05) is 22.3 Å². The van der Waals surface area contributed by atoms with Crippen LogP contribution < -0.4 is 15.2 Å². The highest BCUT2D eigenvalue weighted by molar-refractivity contribution is 6.07. The Morgan fingerprint density at radius 3 is 2.34 bits per heavy atom. The molecule has 1 amide bonds. The van der Waals surface area contributed by atoms with Crippen molar-refractivity contribution in [2.75, 3.05) is 4.90 Å². The number of benzene rings is 3. The molecule has 0 atom stereocenters. The van der Waals surface area contributed by atoms with Crippen molar-refractivity contribution in [3.05, 3.63) is 100 Å². The van der Waals surface area contributed by atoms with Crippen LogP contribution >= 0.6 is 0 Å². The number of aromatic nitrogens is 1. The van der Waals surface area contributed by atoms with Crippen molar-refractivity contribution in [2.24, 2.45) is 5.92 Å². The number of amides is 1. The predicted octanol–water partition coefficient (Wildman–Crippen LogP) is 5.10. The quantitative estimate of drug-likeness (QED) is 0.462. The predicted molar refractivity (Wildman–Crippen MR) is 124 cm³/mol. The number of nitrogens with zero attached hydrogens (tertiary/aromatic N) is 2. The fraction of sp³-hybridized carbons (Fsp3) is 0.185. The Balaban J connectivity index is 1.66. The van der Waals surface area contributed by atoms with E-state index in [4.69, 9.17) is 4.74 Å². The highest BCUT2D eigenvalue weighted by Crippen LogP contribution is 2.44. The van der Waals surface area contributed by atoms with E-state index in [1.807, 2.05) is 83.8 Å². The Morgan fingerprint density at radius 2 is 1.56 bits per heavy atom. The number of para-hydroxylation sites is 1. The number of ether oxygens (including phenoxy) is 1. The van der Waals surface area contributed by atoms with Gasteiger partial charge in [0.05, 0.1) is 13.1 Å². The van der Waals surface area contributed by atoms with E-state index in [1.165, 1.54) is 0 Å². The van der Waals surface area contributed by atoms with Gasteiger partial charge >= 0.3 is 0 Å². The summed E-state index contributed by atoms with van der Waals surface area (Å²) in [5.74, 6) is 1.25. The molecule has 0 bridgehead atoms. The SMILES string of the molecule is O=C(C1CC1)N1Cc2ccccc2Oc2c1c1ccccc1c(=O)n2Cc1ccccc1. The molecular formula is C27H22N2O3. The number of rotatable bonds is 3. The van der Waals surface area contributed by atoms with Crippen molar-refractivity contribution in [3.63, 3.8) is 0 Å². The van der Waals surface area contributed by atoms with Crippen LogP contribution in [0.1, 0.15) is 24.0 Å². The average molecular weight is 422 g/mol. The molecule has 0 radical (unpaired) electrons. The number of carbonyl (C=O) groups is 1. The van der Waals surface area contributed by atoms with E-state index in [1.54, 1.807) is 4.57 Å². The van der Waals surface area contributed by atoms with Gasteiger partial charge in [-0.2, -0.15) is 0 Å². The largest absolute Gasteiger partial charge is 0.438 e. The second-order valence-electron chi connectivity index (χ2n) is 8.48. The molecule has 1 saturated carbocycles. The molecule has 1 fully saturated rings. The maximum Gasteiger partial charge on any atom is 0.261 e. The third-order valence-corrected chi connectivity index (χ3v) is 6.26. The zero-order valence-electron chi connectivity index (χ0n) is 17.5. The molecular weight excluding hydrogens is 400 g/mol. The molecule has 1 aliphatic heterocycles. The summed E-state index contributed by atoms with van der Waals surface area (Å²) in [5, 5.41) is 1.34. The molecule has 1 aromatic heterocycles. The average Bonchev–Trinajstić information content (AvgIpc) is 3.68. The lowest BCUT2D eigenvalue weighted by molar-refractivity contribution is -0.119. The summed E-state index contributed by atoms with van der Waals surface area (Å²) in [5.41, 5.74) is 2.49. The van der Waals surface area contributed by atoms with E-state index in [-0.39, 0.29) is 17.4 Å². The molecule has 0 N–H and O–H groups in total. The van der Waals surface area contributed by atoms with Gasteiger partial charge in [0.25, 0.3) is 5.56 Å². The number of hydrogen-bond acceptors (Lipinski definition) is 3. The summed E-state index contributed by atoms with van der Waals surface area (Å²) < 4.78 is 8.11. The molecule has 2 heterocycles. The van der Waals surface area contributed by atoms with Gasteiger partial charge in [0.15, 0.2) is 0 Å². The van der Waals surface area contributed by atoms with Crippen LogP contribution in [0.4, 0.5) is 5.69 Å². The van der Waals surface area contributed by atoms with E-state index >= 15 is 0 Å². The molecule has 2 aliphatic rings. The molecule has 4 aromatic rings. The van der Waals surface area contributed by atoms with Gasteiger partial charge in [0.2, 0.25) is 11.8 Å². The fourth-order valence-corrected chi connectivity index (χ4v) is 4.46. The summed E-state index contributed by atoms with van der Waals surface area (Å²) in [6.45, 7) is 0.784. The fourth-order valence-electron chi connectivity index (χ4n) is 4.46. The molecule has 158 valence electrons. The summed E-state index contributed by atoms with van der Waals surface area (Å²) in [7, 11) is 0.